The van der Waals surface area contributed by atoms with Crippen LogP contribution in [-0.2, 0) is 6.54 Å². The Morgan fingerprint density at radius 3 is 2.62 bits per heavy atom. The van der Waals surface area contributed by atoms with Gasteiger partial charge in [0.2, 0.25) is 0 Å². The highest BCUT2D eigenvalue weighted by atomic mass is 79.9. The molecule has 0 radical (unpaired) electrons. The fourth-order valence-electron chi connectivity index (χ4n) is 1.78. The van der Waals surface area contributed by atoms with Gasteiger partial charge >= 0.3 is 5.97 Å². The average Bonchev–Trinajstić information content (AvgIpc) is 2.77. The molecule has 1 heterocycles. The number of halogens is 2. The topological polar surface area (TPSA) is 79.5 Å². The maximum Gasteiger partial charge on any atom is 0.339 e. The van der Waals surface area contributed by atoms with E-state index in [0.717, 1.165) is 4.47 Å². The predicted molar refractivity (Wildman–Crippen MR) is 80.7 cm³/mol. The molecule has 0 aliphatic heterocycles. The molecule has 2 aromatic rings. The fourth-order valence-corrected chi connectivity index (χ4v) is 2.54. The number of carbonyl (C=O) groups is 2. The highest BCUT2D eigenvalue weighted by molar-refractivity contribution is 9.10. The van der Waals surface area contributed by atoms with E-state index in [1.165, 1.54) is 6.07 Å². The maximum absolute atomic E-state index is 12.0. The van der Waals surface area contributed by atoms with Crippen LogP contribution >= 0.6 is 27.5 Å². The minimum atomic E-state index is -1.07. The molecule has 0 bridgehead atoms. The van der Waals surface area contributed by atoms with Crippen molar-refractivity contribution < 1.29 is 19.1 Å². The number of amides is 1. The first-order chi connectivity index (χ1) is 9.88. The van der Waals surface area contributed by atoms with Gasteiger partial charge in [0.15, 0.2) is 0 Å². The van der Waals surface area contributed by atoms with Gasteiger partial charge in [-0.1, -0.05) is 27.5 Å². The second-order valence-electron chi connectivity index (χ2n) is 4.29. The van der Waals surface area contributed by atoms with E-state index < -0.39 is 5.97 Å². The zero-order chi connectivity index (χ0) is 15.6. The van der Waals surface area contributed by atoms with Gasteiger partial charge in [0.1, 0.15) is 17.1 Å². The summed E-state index contributed by atoms with van der Waals surface area (Å²) in [6.45, 7) is 1.64. The first kappa shape index (κ1) is 15.6. The van der Waals surface area contributed by atoms with Crippen molar-refractivity contribution in [2.24, 2.45) is 0 Å². The number of aromatic carboxylic acids is 1. The van der Waals surface area contributed by atoms with Crippen LogP contribution in [0.5, 0.6) is 0 Å². The molecule has 7 heteroatoms. The molecule has 0 saturated carbocycles. The number of benzene rings is 1. The van der Waals surface area contributed by atoms with Crippen molar-refractivity contribution in [3.63, 3.8) is 0 Å². The molecule has 21 heavy (non-hydrogen) atoms. The third-order valence-corrected chi connectivity index (χ3v) is 3.60. The largest absolute Gasteiger partial charge is 0.478 e. The number of aryl methyl sites for hydroxylation is 1. The predicted octanol–water partition coefficient (Wildman–Crippen LogP) is 3.63. The van der Waals surface area contributed by atoms with Crippen LogP contribution in [0.15, 0.2) is 33.2 Å². The second kappa shape index (κ2) is 6.32. The monoisotopic (exact) mass is 371 g/mol. The van der Waals surface area contributed by atoms with Crippen molar-refractivity contribution in [3.8, 4) is 0 Å². The van der Waals surface area contributed by atoms with E-state index in [4.69, 9.17) is 21.1 Å². The van der Waals surface area contributed by atoms with Gasteiger partial charge in [0.25, 0.3) is 5.91 Å². The van der Waals surface area contributed by atoms with Gasteiger partial charge in [-0.05, 0) is 31.2 Å². The molecular weight excluding hydrogens is 362 g/mol. The number of nitrogens with one attached hydrogen (secondary N) is 1. The summed E-state index contributed by atoms with van der Waals surface area (Å²) in [5.74, 6) is -0.761. The van der Waals surface area contributed by atoms with Crippen LogP contribution in [0, 0.1) is 6.92 Å². The van der Waals surface area contributed by atoms with Crippen LogP contribution < -0.4 is 5.32 Å². The Morgan fingerprint density at radius 1 is 1.33 bits per heavy atom. The van der Waals surface area contributed by atoms with Crippen LogP contribution in [0.1, 0.15) is 32.2 Å². The van der Waals surface area contributed by atoms with Crippen LogP contribution in [0.3, 0.4) is 0 Å². The van der Waals surface area contributed by atoms with Gasteiger partial charge < -0.3 is 14.8 Å². The minimum absolute atomic E-state index is 0.0827. The molecule has 5 nitrogen and oxygen atoms in total. The first-order valence-electron chi connectivity index (χ1n) is 5.94. The normalized spacial score (nSPS) is 10.4. The van der Waals surface area contributed by atoms with Gasteiger partial charge in [-0.2, -0.15) is 0 Å². The van der Waals surface area contributed by atoms with E-state index in [9.17, 15) is 9.59 Å². The molecule has 0 aliphatic carbocycles. The van der Waals surface area contributed by atoms with Crippen molar-refractivity contribution >= 4 is 39.4 Å². The lowest BCUT2D eigenvalue weighted by Gasteiger charge is -2.05. The third-order valence-electron chi connectivity index (χ3n) is 2.80. The molecular formula is C14H11BrClNO4. The molecule has 0 saturated heterocycles. The molecule has 1 aromatic carbocycles. The van der Waals surface area contributed by atoms with E-state index in [1.807, 2.05) is 0 Å². The Balaban J connectivity index is 2.07. The Kier molecular flexibility index (Phi) is 4.69. The highest BCUT2D eigenvalue weighted by Gasteiger charge is 2.15. The van der Waals surface area contributed by atoms with Crippen molar-refractivity contribution in [2.45, 2.75) is 13.5 Å². The van der Waals surface area contributed by atoms with E-state index in [-0.39, 0.29) is 18.0 Å². The number of carboxylic acid groups (broad SMARTS) is 1. The van der Waals surface area contributed by atoms with Gasteiger partial charge in [-0.25, -0.2) is 4.79 Å². The summed E-state index contributed by atoms with van der Waals surface area (Å²) in [7, 11) is 0. The summed E-state index contributed by atoms with van der Waals surface area (Å²) >= 11 is 9.24. The Morgan fingerprint density at radius 2 is 2.05 bits per heavy atom. The lowest BCUT2D eigenvalue weighted by Crippen LogP contribution is -2.22. The van der Waals surface area contributed by atoms with Gasteiger partial charge in [-0.15, -0.1) is 0 Å². The zero-order valence-corrected chi connectivity index (χ0v) is 13.3. The molecule has 0 spiro atoms. The van der Waals surface area contributed by atoms with Crippen molar-refractivity contribution in [3.05, 3.63) is 56.4 Å². The summed E-state index contributed by atoms with van der Waals surface area (Å²) in [6.07, 6.45) is 0. The van der Waals surface area contributed by atoms with Gasteiger partial charge in [0.05, 0.1) is 17.1 Å². The minimum Gasteiger partial charge on any atom is -0.478 e. The highest BCUT2D eigenvalue weighted by Crippen LogP contribution is 2.21. The molecule has 0 atom stereocenters. The second-order valence-corrected chi connectivity index (χ2v) is 5.62. The lowest BCUT2D eigenvalue weighted by molar-refractivity contribution is 0.0694. The summed E-state index contributed by atoms with van der Waals surface area (Å²) in [6, 6.07) is 6.31. The number of hydrogen-bond donors (Lipinski definition) is 2. The standard InChI is InChI=1S/C14H11BrClNO4/c1-7-11(14(19)20)5-9(21-7)6-17-13(18)10-3-2-8(15)4-12(10)16/h2-5H,6H2,1H3,(H,17,18)(H,19,20). The van der Waals surface area contributed by atoms with Crippen LogP contribution in [0.2, 0.25) is 5.02 Å². The summed E-state index contributed by atoms with van der Waals surface area (Å²) in [5.41, 5.74) is 0.419. The molecule has 0 fully saturated rings. The third kappa shape index (κ3) is 3.65. The molecule has 0 aliphatic rings. The molecule has 110 valence electrons. The number of rotatable bonds is 4. The van der Waals surface area contributed by atoms with Gasteiger partial charge in [-0.3, -0.25) is 4.79 Å². The van der Waals surface area contributed by atoms with Crippen molar-refractivity contribution in [1.82, 2.24) is 5.32 Å². The van der Waals surface area contributed by atoms with Crippen molar-refractivity contribution in [1.29, 1.82) is 0 Å². The zero-order valence-electron chi connectivity index (χ0n) is 10.9. The van der Waals surface area contributed by atoms with Crippen LogP contribution in [0.4, 0.5) is 0 Å². The van der Waals surface area contributed by atoms with E-state index in [0.29, 0.717) is 22.1 Å². The van der Waals surface area contributed by atoms with E-state index >= 15 is 0 Å². The first-order valence-corrected chi connectivity index (χ1v) is 7.11. The Hall–Kier alpha value is -1.79. The fraction of sp³-hybridized carbons (Fsp3) is 0.143. The van der Waals surface area contributed by atoms with E-state index in [1.54, 1.807) is 25.1 Å². The van der Waals surface area contributed by atoms with Crippen LogP contribution in [0.25, 0.3) is 0 Å². The smallest absolute Gasteiger partial charge is 0.339 e. The Labute approximate surface area is 134 Å². The molecule has 2 rings (SSSR count). The van der Waals surface area contributed by atoms with Gasteiger partial charge in [0, 0.05) is 4.47 Å². The van der Waals surface area contributed by atoms with Crippen molar-refractivity contribution in [2.75, 3.05) is 0 Å². The summed E-state index contributed by atoms with van der Waals surface area (Å²) < 4.78 is 6.05. The Bertz CT molecular complexity index is 711. The lowest BCUT2D eigenvalue weighted by atomic mass is 10.2. The number of furan rings is 1. The maximum atomic E-state index is 12.0. The molecule has 0 unspecified atom stereocenters. The average molecular weight is 373 g/mol. The summed E-state index contributed by atoms with van der Waals surface area (Å²) in [4.78, 5) is 22.9. The number of carbonyl (C=O) groups excluding carboxylic acids is 1. The van der Waals surface area contributed by atoms with Crippen LogP contribution in [-0.4, -0.2) is 17.0 Å². The quantitative estimate of drug-likeness (QED) is 0.859. The molecule has 1 aromatic heterocycles. The number of hydrogen-bond acceptors (Lipinski definition) is 3. The van der Waals surface area contributed by atoms with E-state index in [2.05, 4.69) is 21.2 Å². The number of carboxylic acids is 1. The summed E-state index contributed by atoms with van der Waals surface area (Å²) in [5, 5.41) is 11.9. The molecule has 2 N–H and O–H groups in total. The SMILES string of the molecule is Cc1oc(CNC(=O)c2ccc(Br)cc2Cl)cc1C(=O)O. The molecule has 1 amide bonds.